The van der Waals surface area contributed by atoms with E-state index in [0.29, 0.717) is 5.92 Å². The Morgan fingerprint density at radius 3 is 2.59 bits per heavy atom. The highest BCUT2D eigenvalue weighted by Crippen LogP contribution is 2.25. The molecule has 2 aromatic rings. The molecule has 0 bridgehead atoms. The second kappa shape index (κ2) is 4.63. The Hall–Kier alpha value is -1.12. The first-order chi connectivity index (χ1) is 7.99. The molecular formula is C13H11Cl2NO. The largest absolute Gasteiger partial charge is 0.275 e. The van der Waals surface area contributed by atoms with Crippen molar-refractivity contribution in [2.24, 2.45) is 0 Å². The fourth-order valence-electron chi connectivity index (χ4n) is 1.67. The van der Waals surface area contributed by atoms with Crippen LogP contribution < -0.4 is 0 Å². The Kier molecular flexibility index (Phi) is 3.36. The van der Waals surface area contributed by atoms with Crippen molar-refractivity contribution in [2.45, 2.75) is 19.8 Å². The van der Waals surface area contributed by atoms with Gasteiger partial charge in [-0.05, 0) is 41.3 Å². The van der Waals surface area contributed by atoms with E-state index in [4.69, 9.17) is 23.2 Å². The molecule has 0 unspecified atom stereocenters. The van der Waals surface area contributed by atoms with E-state index in [1.165, 1.54) is 5.56 Å². The molecule has 2 rings (SSSR count). The zero-order valence-electron chi connectivity index (χ0n) is 9.50. The molecule has 0 spiro atoms. The lowest BCUT2D eigenvalue weighted by Crippen LogP contribution is -1.95. The van der Waals surface area contributed by atoms with Crippen LogP contribution in [0.2, 0.25) is 5.15 Å². The number of fused-ring (bicyclic) bond motifs is 1. The summed E-state index contributed by atoms with van der Waals surface area (Å²) in [6.07, 6.45) is 0. The van der Waals surface area contributed by atoms with Crippen molar-refractivity contribution < 1.29 is 4.79 Å². The first kappa shape index (κ1) is 12.3. The molecule has 0 saturated carbocycles. The molecule has 2 nitrogen and oxygen atoms in total. The molecular weight excluding hydrogens is 257 g/mol. The Morgan fingerprint density at radius 1 is 1.29 bits per heavy atom. The maximum atomic E-state index is 11.2. The van der Waals surface area contributed by atoms with Gasteiger partial charge in [0.15, 0.2) is 0 Å². The van der Waals surface area contributed by atoms with Gasteiger partial charge < -0.3 is 0 Å². The van der Waals surface area contributed by atoms with Crippen molar-refractivity contribution in [3.05, 3.63) is 40.5 Å². The van der Waals surface area contributed by atoms with Gasteiger partial charge >= 0.3 is 0 Å². The van der Waals surface area contributed by atoms with E-state index in [0.717, 1.165) is 10.9 Å². The van der Waals surface area contributed by atoms with Gasteiger partial charge in [0, 0.05) is 5.39 Å². The molecule has 88 valence electrons. The van der Waals surface area contributed by atoms with Gasteiger partial charge in [0.1, 0.15) is 5.15 Å². The average Bonchev–Trinajstić information content (AvgIpc) is 2.27. The minimum atomic E-state index is -0.584. The van der Waals surface area contributed by atoms with Crippen molar-refractivity contribution in [3.63, 3.8) is 0 Å². The van der Waals surface area contributed by atoms with E-state index < -0.39 is 5.24 Å². The summed E-state index contributed by atoms with van der Waals surface area (Å²) in [6, 6.07) is 7.61. The molecule has 0 aliphatic rings. The number of halogens is 2. The van der Waals surface area contributed by atoms with Crippen molar-refractivity contribution in [3.8, 4) is 0 Å². The first-order valence-corrected chi connectivity index (χ1v) is 6.04. The Bertz CT molecular complexity index is 593. The van der Waals surface area contributed by atoms with Crippen LogP contribution in [0.15, 0.2) is 24.3 Å². The number of carbonyl (C=O) groups is 1. The lowest BCUT2D eigenvalue weighted by molar-refractivity contribution is 0.108. The van der Waals surface area contributed by atoms with Gasteiger partial charge in [-0.25, -0.2) is 4.98 Å². The summed E-state index contributed by atoms with van der Waals surface area (Å²) >= 11 is 11.3. The molecule has 0 radical (unpaired) electrons. The summed E-state index contributed by atoms with van der Waals surface area (Å²) in [7, 11) is 0. The molecule has 0 saturated heterocycles. The third kappa shape index (κ3) is 2.43. The van der Waals surface area contributed by atoms with Crippen LogP contribution in [-0.4, -0.2) is 10.2 Å². The summed E-state index contributed by atoms with van der Waals surface area (Å²) < 4.78 is 0. The van der Waals surface area contributed by atoms with Crippen molar-refractivity contribution >= 4 is 39.3 Å². The topological polar surface area (TPSA) is 30.0 Å². The van der Waals surface area contributed by atoms with Crippen LogP contribution in [0, 0.1) is 0 Å². The fourth-order valence-corrected chi connectivity index (χ4v) is 2.09. The van der Waals surface area contributed by atoms with Crippen LogP contribution in [0.1, 0.15) is 35.7 Å². The molecule has 0 fully saturated rings. The van der Waals surface area contributed by atoms with Gasteiger partial charge in [-0.15, -0.1) is 0 Å². The summed E-state index contributed by atoms with van der Waals surface area (Å²) in [5, 5.41) is 0.443. The normalized spacial score (nSPS) is 11.1. The Balaban J connectivity index is 2.68. The van der Waals surface area contributed by atoms with Crippen LogP contribution in [0.25, 0.3) is 10.9 Å². The molecule has 0 aliphatic heterocycles. The van der Waals surface area contributed by atoms with E-state index in [1.807, 2.05) is 18.2 Å². The number of hydrogen-bond acceptors (Lipinski definition) is 2. The Labute approximate surface area is 110 Å². The highest BCUT2D eigenvalue weighted by molar-refractivity contribution is 6.68. The van der Waals surface area contributed by atoms with E-state index in [-0.39, 0.29) is 10.7 Å². The van der Waals surface area contributed by atoms with E-state index in [1.54, 1.807) is 6.07 Å². The Morgan fingerprint density at radius 2 is 2.00 bits per heavy atom. The molecule has 0 amide bonds. The van der Waals surface area contributed by atoms with Crippen molar-refractivity contribution in [2.75, 3.05) is 0 Å². The van der Waals surface area contributed by atoms with E-state index in [9.17, 15) is 4.79 Å². The number of rotatable bonds is 2. The van der Waals surface area contributed by atoms with Gasteiger partial charge in [0.05, 0.1) is 11.1 Å². The van der Waals surface area contributed by atoms with Gasteiger partial charge in [-0.2, -0.15) is 0 Å². The van der Waals surface area contributed by atoms with Crippen LogP contribution in [0.4, 0.5) is 0 Å². The lowest BCUT2D eigenvalue weighted by Gasteiger charge is -2.07. The number of hydrogen-bond donors (Lipinski definition) is 0. The van der Waals surface area contributed by atoms with Gasteiger partial charge in [0.25, 0.3) is 5.24 Å². The van der Waals surface area contributed by atoms with Gasteiger partial charge in [-0.1, -0.05) is 31.5 Å². The number of benzene rings is 1. The molecule has 1 aromatic heterocycles. The van der Waals surface area contributed by atoms with Crippen LogP contribution in [-0.2, 0) is 0 Å². The second-order valence-corrected chi connectivity index (χ2v) is 4.91. The minimum absolute atomic E-state index is 0.148. The number of carbonyl (C=O) groups excluding carboxylic acids is 1. The first-order valence-electron chi connectivity index (χ1n) is 5.29. The van der Waals surface area contributed by atoms with Crippen LogP contribution in [0.5, 0.6) is 0 Å². The van der Waals surface area contributed by atoms with Gasteiger partial charge in [0.2, 0.25) is 0 Å². The monoisotopic (exact) mass is 267 g/mol. The highest BCUT2D eigenvalue weighted by atomic mass is 35.5. The second-order valence-electron chi connectivity index (χ2n) is 4.21. The maximum Gasteiger partial charge on any atom is 0.255 e. The summed E-state index contributed by atoms with van der Waals surface area (Å²) in [6.45, 7) is 4.22. The molecule has 17 heavy (non-hydrogen) atoms. The van der Waals surface area contributed by atoms with E-state index >= 15 is 0 Å². The standard InChI is InChI=1S/C13H11Cl2NO/c1-7(2)8-3-4-11-9(5-8)6-10(13(15)17)12(14)16-11/h3-7H,1-2H3. The molecule has 1 aromatic carbocycles. The quantitative estimate of drug-likeness (QED) is 0.597. The molecule has 0 aliphatic carbocycles. The van der Waals surface area contributed by atoms with Crippen LogP contribution in [0.3, 0.4) is 0 Å². The van der Waals surface area contributed by atoms with E-state index in [2.05, 4.69) is 18.8 Å². The zero-order chi connectivity index (χ0) is 12.6. The molecule has 0 atom stereocenters. The molecule has 4 heteroatoms. The molecule has 0 N–H and O–H groups in total. The average molecular weight is 268 g/mol. The minimum Gasteiger partial charge on any atom is -0.275 e. The zero-order valence-corrected chi connectivity index (χ0v) is 11.0. The number of aromatic nitrogens is 1. The van der Waals surface area contributed by atoms with Crippen LogP contribution >= 0.6 is 23.2 Å². The maximum absolute atomic E-state index is 11.2. The predicted molar refractivity (Wildman–Crippen MR) is 71.0 cm³/mol. The number of pyridine rings is 1. The van der Waals surface area contributed by atoms with Crippen molar-refractivity contribution in [1.82, 2.24) is 4.98 Å². The summed E-state index contributed by atoms with van der Waals surface area (Å²) in [5.41, 5.74) is 2.21. The number of nitrogens with zero attached hydrogens (tertiary/aromatic N) is 1. The smallest absolute Gasteiger partial charge is 0.255 e. The highest BCUT2D eigenvalue weighted by Gasteiger charge is 2.11. The fraction of sp³-hybridized carbons (Fsp3) is 0.231. The van der Waals surface area contributed by atoms with Crippen molar-refractivity contribution in [1.29, 1.82) is 0 Å². The summed E-state index contributed by atoms with van der Waals surface area (Å²) in [4.78, 5) is 15.3. The lowest BCUT2D eigenvalue weighted by atomic mass is 10.0. The SMILES string of the molecule is CC(C)c1ccc2nc(Cl)c(C(=O)Cl)cc2c1. The third-order valence-electron chi connectivity index (χ3n) is 2.67. The predicted octanol–water partition coefficient (Wildman–Crippen LogP) is 4.39. The third-order valence-corrected chi connectivity index (χ3v) is 3.16. The summed E-state index contributed by atoms with van der Waals surface area (Å²) in [5.74, 6) is 0.422. The van der Waals surface area contributed by atoms with Gasteiger partial charge in [-0.3, -0.25) is 4.79 Å². The molecule has 1 heterocycles.